The zero-order valence-corrected chi connectivity index (χ0v) is 7.95. The maximum Gasteiger partial charge on any atom is 0.185 e. The average molecular weight is 209 g/mol. The van der Waals surface area contributed by atoms with Gasteiger partial charge in [-0.05, 0) is 12.1 Å². The summed E-state index contributed by atoms with van der Waals surface area (Å²) in [4.78, 5) is 14.3. The monoisotopic (exact) mass is 209 g/mol. The van der Waals surface area contributed by atoms with Gasteiger partial charge < -0.3 is 4.42 Å². The van der Waals surface area contributed by atoms with Gasteiger partial charge in [-0.15, -0.1) is 0 Å². The van der Waals surface area contributed by atoms with Crippen molar-refractivity contribution >= 4 is 18.0 Å². The third-order valence-corrected chi connectivity index (χ3v) is 2.44. The highest BCUT2D eigenvalue weighted by molar-refractivity contribution is 7.98. The van der Waals surface area contributed by atoms with Crippen molar-refractivity contribution in [3.8, 4) is 0 Å². The molecule has 14 heavy (non-hydrogen) atoms. The number of furan rings is 1. The molecule has 0 aromatic carbocycles. The van der Waals surface area contributed by atoms with Gasteiger partial charge >= 0.3 is 0 Å². The minimum Gasteiger partial charge on any atom is -0.457 e. The lowest BCUT2D eigenvalue weighted by atomic mass is 10.4. The number of thioether (sulfide) groups is 1. The molecule has 0 bridgehead atoms. The molecule has 2 rings (SSSR count). The van der Waals surface area contributed by atoms with Gasteiger partial charge in [-0.2, -0.15) is 5.10 Å². The number of carbonyl (C=O) groups is 1. The van der Waals surface area contributed by atoms with Crippen molar-refractivity contribution in [2.24, 2.45) is 0 Å². The number of hydrogen-bond acceptors (Lipinski definition) is 5. The number of rotatable bonds is 4. The summed E-state index contributed by atoms with van der Waals surface area (Å²) in [7, 11) is 0. The average Bonchev–Trinajstić information content (AvgIpc) is 2.86. The summed E-state index contributed by atoms with van der Waals surface area (Å²) in [6, 6.07) is 3.41. The van der Waals surface area contributed by atoms with E-state index in [0.717, 1.165) is 10.9 Å². The Balaban J connectivity index is 1.95. The molecule has 0 fully saturated rings. The molecule has 0 saturated heterocycles. The second-order valence-electron chi connectivity index (χ2n) is 2.50. The minimum absolute atomic E-state index is 0.346. The Morgan fingerprint density at radius 3 is 3.14 bits per heavy atom. The predicted octanol–water partition coefficient (Wildman–Crippen LogP) is 1.50. The number of nitrogens with zero attached hydrogens (tertiary/aromatic N) is 2. The number of aromatic amines is 1. The molecule has 0 aliphatic carbocycles. The van der Waals surface area contributed by atoms with Gasteiger partial charge in [-0.25, -0.2) is 4.98 Å². The molecule has 0 radical (unpaired) electrons. The van der Waals surface area contributed by atoms with Crippen molar-refractivity contribution in [3.05, 3.63) is 30.0 Å². The second-order valence-corrected chi connectivity index (χ2v) is 3.47. The molecule has 0 atom stereocenters. The Morgan fingerprint density at radius 2 is 2.50 bits per heavy atom. The molecule has 0 unspecified atom stereocenters. The maximum absolute atomic E-state index is 10.3. The van der Waals surface area contributed by atoms with E-state index in [2.05, 4.69) is 15.2 Å². The Bertz CT molecular complexity index is 410. The number of aromatic nitrogens is 3. The van der Waals surface area contributed by atoms with Gasteiger partial charge in [0.1, 0.15) is 12.1 Å². The molecule has 0 spiro atoms. The van der Waals surface area contributed by atoms with Crippen LogP contribution in [-0.4, -0.2) is 21.5 Å². The number of aldehydes is 1. The van der Waals surface area contributed by atoms with Crippen molar-refractivity contribution in [2.45, 2.75) is 10.9 Å². The Hall–Kier alpha value is -1.56. The van der Waals surface area contributed by atoms with Crippen LogP contribution in [0.4, 0.5) is 0 Å². The molecule has 0 aliphatic rings. The lowest BCUT2D eigenvalue weighted by Gasteiger charge is -1.92. The third kappa shape index (κ3) is 2.02. The first-order valence-electron chi connectivity index (χ1n) is 3.90. The molecule has 5 nitrogen and oxygen atoms in total. The molecule has 6 heteroatoms. The first-order chi connectivity index (χ1) is 6.88. The van der Waals surface area contributed by atoms with Gasteiger partial charge in [0.25, 0.3) is 0 Å². The first kappa shape index (κ1) is 9.01. The summed E-state index contributed by atoms with van der Waals surface area (Å²) in [5, 5.41) is 7.16. The van der Waals surface area contributed by atoms with Crippen LogP contribution in [0, 0.1) is 0 Å². The smallest absolute Gasteiger partial charge is 0.185 e. The lowest BCUT2D eigenvalue weighted by Crippen LogP contribution is -1.78. The van der Waals surface area contributed by atoms with Crippen LogP contribution >= 0.6 is 11.8 Å². The van der Waals surface area contributed by atoms with Crippen LogP contribution in [0.3, 0.4) is 0 Å². The minimum atomic E-state index is 0.346. The molecular weight excluding hydrogens is 202 g/mol. The molecule has 0 saturated carbocycles. The highest BCUT2D eigenvalue weighted by atomic mass is 32.2. The Morgan fingerprint density at radius 1 is 1.57 bits per heavy atom. The predicted molar refractivity (Wildman–Crippen MR) is 50.0 cm³/mol. The van der Waals surface area contributed by atoms with Gasteiger partial charge in [0.15, 0.2) is 17.2 Å². The van der Waals surface area contributed by atoms with E-state index < -0.39 is 0 Å². The van der Waals surface area contributed by atoms with Gasteiger partial charge in [0.05, 0.1) is 5.75 Å². The van der Waals surface area contributed by atoms with Crippen LogP contribution in [0.1, 0.15) is 16.3 Å². The van der Waals surface area contributed by atoms with Crippen LogP contribution in [-0.2, 0) is 5.75 Å². The summed E-state index contributed by atoms with van der Waals surface area (Å²) < 4.78 is 5.18. The van der Waals surface area contributed by atoms with Gasteiger partial charge in [0.2, 0.25) is 0 Å². The van der Waals surface area contributed by atoms with Gasteiger partial charge in [-0.3, -0.25) is 9.89 Å². The van der Waals surface area contributed by atoms with E-state index >= 15 is 0 Å². The largest absolute Gasteiger partial charge is 0.457 e. The van der Waals surface area contributed by atoms with E-state index in [0.29, 0.717) is 17.8 Å². The molecule has 0 amide bonds. The standard InChI is InChI=1S/C8H7N3O2S/c12-3-6-1-2-7(13-6)4-14-8-9-5-10-11-8/h1-3,5H,4H2,(H,9,10,11). The Kier molecular flexibility index (Phi) is 2.64. The van der Waals surface area contributed by atoms with Gasteiger partial charge in [0, 0.05) is 0 Å². The van der Waals surface area contributed by atoms with E-state index in [9.17, 15) is 4.79 Å². The zero-order valence-electron chi connectivity index (χ0n) is 7.14. The summed E-state index contributed by atoms with van der Waals surface area (Å²) in [5.74, 6) is 1.72. The molecule has 72 valence electrons. The molecule has 0 aliphatic heterocycles. The SMILES string of the molecule is O=Cc1ccc(CSc2ncn[nH]2)o1. The highest BCUT2D eigenvalue weighted by Gasteiger charge is 2.03. The molecular formula is C8H7N3O2S. The van der Waals surface area contributed by atoms with Crippen LogP contribution in [0.25, 0.3) is 0 Å². The second kappa shape index (κ2) is 4.10. The van der Waals surface area contributed by atoms with E-state index in [4.69, 9.17) is 4.42 Å². The van der Waals surface area contributed by atoms with Crippen LogP contribution in [0.5, 0.6) is 0 Å². The zero-order chi connectivity index (χ0) is 9.80. The first-order valence-corrected chi connectivity index (χ1v) is 4.89. The van der Waals surface area contributed by atoms with E-state index in [-0.39, 0.29) is 0 Å². The van der Waals surface area contributed by atoms with E-state index in [1.807, 2.05) is 0 Å². The van der Waals surface area contributed by atoms with Crippen LogP contribution < -0.4 is 0 Å². The number of carbonyl (C=O) groups excluding carboxylic acids is 1. The summed E-state index contributed by atoms with van der Waals surface area (Å²) >= 11 is 1.47. The lowest BCUT2D eigenvalue weighted by molar-refractivity contribution is 0.109. The number of hydrogen-bond donors (Lipinski definition) is 1. The van der Waals surface area contributed by atoms with Crippen molar-refractivity contribution in [2.75, 3.05) is 0 Å². The fourth-order valence-electron chi connectivity index (χ4n) is 0.939. The van der Waals surface area contributed by atoms with Crippen LogP contribution in [0.15, 0.2) is 28.0 Å². The summed E-state index contributed by atoms with van der Waals surface area (Å²) in [6.07, 6.45) is 2.13. The van der Waals surface area contributed by atoms with Crippen LogP contribution in [0.2, 0.25) is 0 Å². The highest BCUT2D eigenvalue weighted by Crippen LogP contribution is 2.19. The van der Waals surface area contributed by atoms with Crippen molar-refractivity contribution < 1.29 is 9.21 Å². The third-order valence-electron chi connectivity index (χ3n) is 1.54. The number of H-pyrrole nitrogens is 1. The Labute approximate surface area is 83.9 Å². The maximum atomic E-state index is 10.3. The quantitative estimate of drug-likeness (QED) is 0.610. The van der Waals surface area contributed by atoms with Crippen molar-refractivity contribution in [1.82, 2.24) is 15.2 Å². The summed E-state index contributed by atoms with van der Waals surface area (Å²) in [5.41, 5.74) is 0. The van der Waals surface area contributed by atoms with E-state index in [1.165, 1.54) is 18.1 Å². The number of nitrogens with one attached hydrogen (secondary N) is 1. The van der Waals surface area contributed by atoms with E-state index in [1.54, 1.807) is 12.1 Å². The molecule has 2 aromatic rings. The fraction of sp³-hybridized carbons (Fsp3) is 0.125. The van der Waals surface area contributed by atoms with Crippen molar-refractivity contribution in [3.63, 3.8) is 0 Å². The molecule has 1 N–H and O–H groups in total. The van der Waals surface area contributed by atoms with Crippen molar-refractivity contribution in [1.29, 1.82) is 0 Å². The molecule has 2 aromatic heterocycles. The topological polar surface area (TPSA) is 71.8 Å². The van der Waals surface area contributed by atoms with Gasteiger partial charge in [-0.1, -0.05) is 11.8 Å². The normalized spacial score (nSPS) is 10.3. The summed E-state index contributed by atoms with van der Waals surface area (Å²) in [6.45, 7) is 0. The fourth-order valence-corrected chi connectivity index (χ4v) is 1.61. The molecule has 2 heterocycles.